The van der Waals surface area contributed by atoms with Crippen molar-refractivity contribution < 1.29 is 9.50 Å². The lowest BCUT2D eigenvalue weighted by molar-refractivity contribution is 0.431. The summed E-state index contributed by atoms with van der Waals surface area (Å²) in [6.45, 7) is 0. The van der Waals surface area contributed by atoms with Crippen molar-refractivity contribution in [2.75, 3.05) is 0 Å². The Bertz CT molecular complexity index is 321. The van der Waals surface area contributed by atoms with E-state index in [0.717, 1.165) is 22.9 Å². The van der Waals surface area contributed by atoms with E-state index in [2.05, 4.69) is 15.9 Å². The highest BCUT2D eigenvalue weighted by atomic mass is 79.9. The maximum atomic E-state index is 12.8. The van der Waals surface area contributed by atoms with E-state index in [1.54, 1.807) is 0 Å². The van der Waals surface area contributed by atoms with Gasteiger partial charge in [-0.05, 0) is 36.5 Å². The van der Waals surface area contributed by atoms with Crippen molar-refractivity contribution in [1.29, 1.82) is 0 Å². The van der Waals surface area contributed by atoms with Gasteiger partial charge in [0.15, 0.2) is 11.6 Å². The molecule has 0 atom stereocenters. The van der Waals surface area contributed by atoms with Gasteiger partial charge in [0.2, 0.25) is 0 Å². The average molecular weight is 231 g/mol. The molecule has 1 aliphatic carbocycles. The predicted octanol–water partition coefficient (Wildman–Crippen LogP) is 3.17. The molecule has 1 aromatic carbocycles. The maximum absolute atomic E-state index is 12.8. The normalized spacial score (nSPS) is 16.5. The molecule has 2 rings (SSSR count). The van der Waals surface area contributed by atoms with Crippen molar-refractivity contribution in [3.63, 3.8) is 0 Å². The highest BCUT2D eigenvalue weighted by Gasteiger charge is 2.26. The Morgan fingerprint density at radius 1 is 1.42 bits per heavy atom. The predicted molar refractivity (Wildman–Crippen MR) is 47.7 cm³/mol. The molecule has 0 spiro atoms. The summed E-state index contributed by atoms with van der Waals surface area (Å²) in [4.78, 5) is 0. The number of benzene rings is 1. The lowest BCUT2D eigenvalue weighted by Crippen LogP contribution is -1.84. The lowest BCUT2D eigenvalue weighted by atomic mass is 10.1. The number of aromatic hydroxyl groups is 1. The van der Waals surface area contributed by atoms with Crippen LogP contribution in [0.25, 0.3) is 0 Å². The van der Waals surface area contributed by atoms with Crippen molar-refractivity contribution >= 4 is 15.9 Å². The fourth-order valence-corrected chi connectivity index (χ4v) is 1.90. The van der Waals surface area contributed by atoms with Crippen molar-refractivity contribution in [2.24, 2.45) is 0 Å². The van der Waals surface area contributed by atoms with Crippen LogP contribution in [-0.2, 0) is 0 Å². The highest BCUT2D eigenvalue weighted by Crippen LogP contribution is 2.44. The average Bonchev–Trinajstić information content (AvgIpc) is 2.79. The Morgan fingerprint density at radius 2 is 2.08 bits per heavy atom. The molecule has 0 bridgehead atoms. The molecule has 0 aromatic heterocycles. The molecule has 0 radical (unpaired) electrons. The number of halogens is 2. The van der Waals surface area contributed by atoms with E-state index in [0.29, 0.717) is 5.92 Å². The van der Waals surface area contributed by atoms with E-state index in [4.69, 9.17) is 5.11 Å². The van der Waals surface area contributed by atoms with Gasteiger partial charge in [-0.2, -0.15) is 0 Å². The molecule has 0 heterocycles. The van der Waals surface area contributed by atoms with Gasteiger partial charge >= 0.3 is 0 Å². The van der Waals surface area contributed by atoms with E-state index in [1.807, 2.05) is 0 Å². The summed E-state index contributed by atoms with van der Waals surface area (Å²) in [5, 5.41) is 9.11. The summed E-state index contributed by atoms with van der Waals surface area (Å²) >= 11 is 3.27. The minimum absolute atomic E-state index is 0.250. The van der Waals surface area contributed by atoms with Crippen LogP contribution < -0.4 is 0 Å². The lowest BCUT2D eigenvalue weighted by Gasteiger charge is -2.03. The Hall–Kier alpha value is -0.570. The van der Waals surface area contributed by atoms with Gasteiger partial charge in [-0.15, -0.1) is 0 Å². The summed E-state index contributed by atoms with van der Waals surface area (Å²) in [6, 6.07) is 2.83. The summed E-state index contributed by atoms with van der Waals surface area (Å²) in [5.74, 6) is -0.294. The third-order valence-electron chi connectivity index (χ3n) is 2.08. The SMILES string of the molecule is Oc1cc(C2CC2)c(Br)cc1F. The summed E-state index contributed by atoms with van der Waals surface area (Å²) < 4.78 is 13.5. The van der Waals surface area contributed by atoms with Crippen LogP contribution in [0.4, 0.5) is 4.39 Å². The van der Waals surface area contributed by atoms with Crippen molar-refractivity contribution in [2.45, 2.75) is 18.8 Å². The van der Waals surface area contributed by atoms with Gasteiger partial charge in [0.25, 0.3) is 0 Å². The van der Waals surface area contributed by atoms with Crippen LogP contribution in [0.5, 0.6) is 5.75 Å². The van der Waals surface area contributed by atoms with Gasteiger partial charge in [-0.1, -0.05) is 15.9 Å². The molecule has 1 fully saturated rings. The van der Waals surface area contributed by atoms with E-state index in [-0.39, 0.29) is 5.75 Å². The monoisotopic (exact) mass is 230 g/mol. The van der Waals surface area contributed by atoms with Crippen molar-refractivity contribution in [3.05, 3.63) is 28.0 Å². The van der Waals surface area contributed by atoms with Gasteiger partial charge < -0.3 is 5.11 Å². The summed E-state index contributed by atoms with van der Waals surface area (Å²) in [6.07, 6.45) is 2.29. The quantitative estimate of drug-likeness (QED) is 0.786. The third-order valence-corrected chi connectivity index (χ3v) is 2.77. The Morgan fingerprint density at radius 3 is 2.67 bits per heavy atom. The molecule has 1 N–H and O–H groups in total. The summed E-state index contributed by atoms with van der Waals surface area (Å²) in [7, 11) is 0. The first-order valence-electron chi connectivity index (χ1n) is 3.86. The molecule has 3 heteroatoms. The molecule has 1 aromatic rings. The summed E-state index contributed by atoms with van der Waals surface area (Å²) in [5.41, 5.74) is 1.02. The van der Waals surface area contributed by atoms with Crippen LogP contribution in [-0.4, -0.2) is 5.11 Å². The standard InChI is InChI=1S/C9H8BrFO/c10-7-4-8(11)9(12)3-6(7)5-1-2-5/h3-5,12H,1-2H2. The number of phenols is 1. The minimum atomic E-state index is -0.564. The molecule has 1 nitrogen and oxygen atoms in total. The van der Waals surface area contributed by atoms with E-state index in [9.17, 15) is 4.39 Å². The molecular weight excluding hydrogens is 223 g/mol. The number of rotatable bonds is 1. The molecule has 64 valence electrons. The Labute approximate surface area is 78.3 Å². The molecule has 0 aliphatic heterocycles. The molecule has 12 heavy (non-hydrogen) atoms. The first kappa shape index (κ1) is 8.05. The second-order valence-electron chi connectivity index (χ2n) is 3.10. The van der Waals surface area contributed by atoms with Crippen LogP contribution in [0.2, 0.25) is 0 Å². The van der Waals surface area contributed by atoms with Crippen LogP contribution in [0.15, 0.2) is 16.6 Å². The Balaban J connectivity index is 2.47. The first-order chi connectivity index (χ1) is 5.68. The smallest absolute Gasteiger partial charge is 0.165 e. The highest BCUT2D eigenvalue weighted by molar-refractivity contribution is 9.10. The van der Waals surface area contributed by atoms with Crippen LogP contribution in [0.1, 0.15) is 24.3 Å². The fourth-order valence-electron chi connectivity index (χ4n) is 1.26. The van der Waals surface area contributed by atoms with Crippen LogP contribution in [0, 0.1) is 5.82 Å². The zero-order valence-electron chi connectivity index (χ0n) is 6.35. The topological polar surface area (TPSA) is 20.2 Å². The number of phenolic OH excluding ortho intramolecular Hbond substituents is 1. The van der Waals surface area contributed by atoms with Crippen molar-refractivity contribution in [3.8, 4) is 5.75 Å². The largest absolute Gasteiger partial charge is 0.505 e. The molecule has 1 saturated carbocycles. The second kappa shape index (κ2) is 2.73. The number of hydrogen-bond donors (Lipinski definition) is 1. The van der Waals surface area contributed by atoms with Crippen LogP contribution in [0.3, 0.4) is 0 Å². The van der Waals surface area contributed by atoms with Gasteiger partial charge in [0, 0.05) is 4.47 Å². The fraction of sp³-hybridized carbons (Fsp3) is 0.333. The Kier molecular flexibility index (Phi) is 1.83. The van der Waals surface area contributed by atoms with Gasteiger partial charge in [-0.25, -0.2) is 4.39 Å². The maximum Gasteiger partial charge on any atom is 0.165 e. The second-order valence-corrected chi connectivity index (χ2v) is 3.95. The molecule has 0 unspecified atom stereocenters. The number of hydrogen-bond acceptors (Lipinski definition) is 1. The van der Waals surface area contributed by atoms with Crippen LogP contribution >= 0.6 is 15.9 Å². The minimum Gasteiger partial charge on any atom is -0.505 e. The van der Waals surface area contributed by atoms with Gasteiger partial charge in [0.05, 0.1) is 0 Å². The van der Waals surface area contributed by atoms with Gasteiger partial charge in [0.1, 0.15) is 0 Å². The zero-order valence-corrected chi connectivity index (χ0v) is 7.94. The van der Waals surface area contributed by atoms with Gasteiger partial charge in [-0.3, -0.25) is 0 Å². The molecule has 1 aliphatic rings. The first-order valence-corrected chi connectivity index (χ1v) is 4.65. The van der Waals surface area contributed by atoms with E-state index < -0.39 is 5.82 Å². The zero-order chi connectivity index (χ0) is 8.72. The van der Waals surface area contributed by atoms with Crippen molar-refractivity contribution in [1.82, 2.24) is 0 Å². The molecule has 0 amide bonds. The molecular formula is C9H8BrFO. The molecule has 0 saturated heterocycles. The van der Waals surface area contributed by atoms with E-state index in [1.165, 1.54) is 12.1 Å². The van der Waals surface area contributed by atoms with E-state index >= 15 is 0 Å². The third kappa shape index (κ3) is 1.33.